The molecule has 0 saturated carbocycles. The summed E-state index contributed by atoms with van der Waals surface area (Å²) in [7, 11) is 9.27. The molecule has 334 valence electrons. The number of hydrogen-bond donors (Lipinski definition) is 3. The van der Waals surface area contributed by atoms with Crippen molar-refractivity contribution in [3.8, 4) is 5.75 Å². The second kappa shape index (κ2) is 20.6. The van der Waals surface area contributed by atoms with Crippen LogP contribution < -0.4 is 20.7 Å². The lowest BCUT2D eigenvalue weighted by molar-refractivity contribution is -0.162. The molecule has 8 unspecified atom stereocenters. The summed E-state index contributed by atoms with van der Waals surface area (Å²) in [5.74, 6) is -1.23. The zero-order chi connectivity index (χ0) is 44.7. The topological polar surface area (TPSA) is 200 Å². The quantitative estimate of drug-likeness (QED) is 0.0888. The zero-order valence-corrected chi connectivity index (χ0v) is 38.6. The Kier molecular flexibility index (Phi) is 16.9. The van der Waals surface area contributed by atoms with Crippen LogP contribution in [-0.2, 0) is 44.5 Å². The number of alkyl carbamates (subject to hydrolysis) is 1. The van der Waals surface area contributed by atoms with Gasteiger partial charge in [-0.1, -0.05) is 63.9 Å². The second-order valence-corrected chi connectivity index (χ2v) is 20.1. The van der Waals surface area contributed by atoms with Crippen molar-refractivity contribution >= 4 is 68.7 Å². The maximum atomic E-state index is 14.3. The summed E-state index contributed by atoms with van der Waals surface area (Å²) in [6.07, 6.45) is 2.48. The molecule has 60 heavy (non-hydrogen) atoms. The van der Waals surface area contributed by atoms with Crippen LogP contribution >= 0.6 is 33.2 Å². The fourth-order valence-electron chi connectivity index (χ4n) is 7.35. The molecule has 4 N–H and O–H groups in total. The summed E-state index contributed by atoms with van der Waals surface area (Å²) < 4.78 is 29.1. The number of epoxide rings is 1. The number of likely N-dealkylation sites (N-methyl/N-ethyl adjacent to an activating group) is 1. The van der Waals surface area contributed by atoms with E-state index in [1.165, 1.54) is 31.1 Å². The molecule has 4 bridgehead atoms. The predicted molar refractivity (Wildman–Crippen MR) is 233 cm³/mol. The number of carbonyl (C=O) groups is 5. The molecular weight excluding hydrogens is 836 g/mol. The third-order valence-electron chi connectivity index (χ3n) is 11.4. The number of methoxy groups -OCH3 is 2. The number of esters is 1. The van der Waals surface area contributed by atoms with Gasteiger partial charge in [0.15, 0.2) is 5.72 Å². The molecule has 1 aromatic carbocycles. The first-order valence-electron chi connectivity index (χ1n) is 20.0. The molecule has 0 radical (unpaired) electrons. The van der Waals surface area contributed by atoms with E-state index in [1.807, 2.05) is 26.8 Å². The number of amides is 4. The zero-order valence-electron chi connectivity index (χ0n) is 36.2. The van der Waals surface area contributed by atoms with Gasteiger partial charge in [0.1, 0.15) is 40.7 Å². The van der Waals surface area contributed by atoms with Crippen LogP contribution in [-0.4, -0.2) is 120 Å². The number of nitrogens with zero attached hydrogens (tertiary/aromatic N) is 2. The predicted octanol–water partition coefficient (Wildman–Crippen LogP) is 5.72. The molecule has 4 rings (SSSR count). The number of nitrogens with one attached hydrogen (secondary N) is 1. The number of benzene rings is 1. The molecule has 3 aliphatic rings. The van der Waals surface area contributed by atoms with E-state index in [0.29, 0.717) is 37.1 Å². The van der Waals surface area contributed by atoms with Crippen molar-refractivity contribution in [1.29, 1.82) is 0 Å². The summed E-state index contributed by atoms with van der Waals surface area (Å²) >= 11 is 6.79. The average Bonchev–Trinajstić information content (AvgIpc) is 3.88. The second-order valence-electron chi connectivity index (χ2n) is 16.6. The number of hydrogen-bond acceptors (Lipinski definition) is 13. The van der Waals surface area contributed by atoms with Crippen molar-refractivity contribution < 1.29 is 52.8 Å². The van der Waals surface area contributed by atoms with Crippen LogP contribution in [0.4, 0.5) is 10.5 Å². The molecule has 0 aliphatic carbocycles. The van der Waals surface area contributed by atoms with E-state index in [1.54, 1.807) is 73.7 Å². The lowest BCUT2D eigenvalue weighted by Crippen LogP contribution is -2.63. The molecule has 0 aromatic heterocycles. The molecule has 1 aromatic rings. The van der Waals surface area contributed by atoms with E-state index in [4.69, 9.17) is 41.0 Å². The molecule has 2 saturated heterocycles. The van der Waals surface area contributed by atoms with Gasteiger partial charge in [-0.3, -0.25) is 19.7 Å². The lowest BCUT2D eigenvalue weighted by atomic mass is 9.83. The Morgan fingerprint density at radius 3 is 2.57 bits per heavy atom. The van der Waals surface area contributed by atoms with Gasteiger partial charge >= 0.3 is 12.1 Å². The lowest BCUT2D eigenvalue weighted by Gasteiger charge is -2.42. The van der Waals surface area contributed by atoms with Gasteiger partial charge in [-0.25, -0.2) is 9.59 Å². The number of fused-ring (bicyclic) bond motifs is 5. The van der Waals surface area contributed by atoms with E-state index in [2.05, 4.69) is 5.32 Å². The summed E-state index contributed by atoms with van der Waals surface area (Å²) in [6, 6.07) is 2.56. The Morgan fingerprint density at radius 2 is 1.92 bits per heavy atom. The summed E-state index contributed by atoms with van der Waals surface area (Å²) in [5.41, 5.74) is 4.25. The number of nitrogens with two attached hydrogens (primary N) is 1. The van der Waals surface area contributed by atoms with Crippen LogP contribution in [0.3, 0.4) is 0 Å². The maximum absolute atomic E-state index is 14.3. The highest BCUT2D eigenvalue weighted by Crippen LogP contribution is 2.49. The largest absolute Gasteiger partial charge is 0.495 e. The molecule has 8 atom stereocenters. The van der Waals surface area contributed by atoms with E-state index in [0.717, 1.165) is 16.9 Å². The molecule has 15 nitrogen and oxygen atoms in total. The summed E-state index contributed by atoms with van der Waals surface area (Å²) in [6.45, 7) is 11.1. The smallest absolute Gasteiger partial charge is 0.409 e. The number of carbonyl (C=O) groups excluding carboxylic acids is 5. The van der Waals surface area contributed by atoms with Crippen molar-refractivity contribution in [1.82, 2.24) is 10.2 Å². The normalized spacial score (nSPS) is 29.2. The highest BCUT2D eigenvalue weighted by atomic mass is 35.5. The van der Waals surface area contributed by atoms with Crippen LogP contribution in [0.2, 0.25) is 5.02 Å². The van der Waals surface area contributed by atoms with Gasteiger partial charge in [0.2, 0.25) is 17.7 Å². The first-order valence-corrected chi connectivity index (χ1v) is 22.7. The fraction of sp³-hybridized carbons (Fsp3) is 0.643. The molecular formula is C42H61ClN4O11S2. The van der Waals surface area contributed by atoms with E-state index in [-0.39, 0.29) is 40.8 Å². The number of allylic oxidation sites excluding steroid dienone is 3. The number of primary amides is 1. The molecule has 2 fully saturated rings. The van der Waals surface area contributed by atoms with Crippen LogP contribution in [0.5, 0.6) is 5.75 Å². The van der Waals surface area contributed by atoms with Crippen LogP contribution in [0, 0.1) is 5.92 Å². The van der Waals surface area contributed by atoms with Gasteiger partial charge < -0.3 is 44.3 Å². The molecule has 3 aliphatic heterocycles. The Balaban J connectivity index is 1.62. The fourth-order valence-corrected chi connectivity index (χ4v) is 10.3. The monoisotopic (exact) mass is 896 g/mol. The molecule has 0 spiro atoms. The minimum Gasteiger partial charge on any atom is -0.495 e. The third kappa shape index (κ3) is 12.3. The molecule has 3 heterocycles. The Bertz CT molecular complexity index is 1830. The number of halogens is 1. The highest BCUT2D eigenvalue weighted by molar-refractivity contribution is 8.77. The van der Waals surface area contributed by atoms with Crippen LogP contribution in [0.25, 0.3) is 0 Å². The van der Waals surface area contributed by atoms with E-state index >= 15 is 0 Å². The summed E-state index contributed by atoms with van der Waals surface area (Å²) in [5, 5.41) is 14.5. The van der Waals surface area contributed by atoms with Crippen molar-refractivity contribution in [2.75, 3.05) is 39.0 Å². The van der Waals surface area contributed by atoms with Gasteiger partial charge in [0, 0.05) is 56.9 Å². The Hall–Kier alpha value is -3.48. The average molecular weight is 898 g/mol. The van der Waals surface area contributed by atoms with Crippen molar-refractivity contribution in [2.24, 2.45) is 11.7 Å². The minimum absolute atomic E-state index is 0.0646. The highest BCUT2D eigenvalue weighted by Gasteiger charge is 2.64. The van der Waals surface area contributed by atoms with Gasteiger partial charge in [-0.05, 0) is 71.6 Å². The number of ether oxygens (including phenoxy) is 5. The number of anilines is 1. The third-order valence-corrected chi connectivity index (χ3v) is 15.2. The van der Waals surface area contributed by atoms with E-state index in [9.17, 15) is 29.1 Å². The van der Waals surface area contributed by atoms with Crippen LogP contribution in [0.15, 0.2) is 35.9 Å². The van der Waals surface area contributed by atoms with Crippen LogP contribution in [0.1, 0.15) is 85.6 Å². The minimum atomic E-state index is -1.84. The SMILES string of the molecule is COc1cc2cc(c1Cl)N(C)C(=O)CC(OC(=O)C(C)N(C)C(=O)CCC(C)(C)SSCCCC(N)=O)C1(C)OC1C(C)C1CC(O)(NC(=O)O1)C(OC)/C=C/C=C(\C)C2. The van der Waals surface area contributed by atoms with E-state index < -0.39 is 65.7 Å². The van der Waals surface area contributed by atoms with Gasteiger partial charge in [-0.2, -0.15) is 0 Å². The first kappa shape index (κ1) is 49.2. The van der Waals surface area contributed by atoms with Crippen molar-refractivity contribution in [3.05, 3.63) is 46.5 Å². The number of rotatable bonds is 14. The maximum Gasteiger partial charge on any atom is 0.409 e. The molecule has 18 heteroatoms. The van der Waals surface area contributed by atoms with Crippen molar-refractivity contribution in [3.63, 3.8) is 0 Å². The van der Waals surface area contributed by atoms with Gasteiger partial charge in [-0.15, -0.1) is 0 Å². The van der Waals surface area contributed by atoms with Gasteiger partial charge in [0.25, 0.3) is 0 Å². The Morgan fingerprint density at radius 1 is 1.22 bits per heavy atom. The molecule has 4 amide bonds. The summed E-state index contributed by atoms with van der Waals surface area (Å²) in [4.78, 5) is 68.4. The standard InChI is InChI=1S/C42H61ClN4O11S2/c1-24-13-11-14-31(55-10)42(53)23-30(56-39(52)45-42)25(2)37-41(6,58-37)32(22-35(50)47(8)28-20-27(19-24)21-29(54-9)36(28)43)57-38(51)26(3)46(7)34(49)16-17-40(4,5)60-59-18-12-15-33(44)48/h11,13-14,20-21,25-26,30-32,37,53H,12,15-19,22-23H2,1-10H3,(H2,44,48)(H,45,52)/b14-11+,24-13+. The first-order chi connectivity index (χ1) is 28.0. The van der Waals surface area contributed by atoms with Gasteiger partial charge in [0.05, 0.1) is 25.3 Å². The number of aliphatic hydroxyl groups is 1. The van der Waals surface area contributed by atoms with Crippen molar-refractivity contribution in [2.45, 2.75) is 133 Å². The Labute approximate surface area is 366 Å².